The van der Waals surface area contributed by atoms with E-state index in [1.54, 1.807) is 25.3 Å². The van der Waals surface area contributed by atoms with E-state index >= 15 is 0 Å². The summed E-state index contributed by atoms with van der Waals surface area (Å²) in [6, 6.07) is 4.74. The molecular formula is C20H25N5O4. The van der Waals surface area contributed by atoms with E-state index in [2.05, 4.69) is 15.7 Å². The van der Waals surface area contributed by atoms with Crippen molar-refractivity contribution in [2.24, 2.45) is 5.92 Å². The van der Waals surface area contributed by atoms with Gasteiger partial charge in [0, 0.05) is 24.7 Å². The number of rotatable bonds is 6. The molecule has 154 valence electrons. The molecule has 1 aliphatic rings. The van der Waals surface area contributed by atoms with Crippen LogP contribution in [0.4, 0.5) is 5.69 Å². The first-order valence-electron chi connectivity index (χ1n) is 9.65. The Bertz CT molecular complexity index is 950. The summed E-state index contributed by atoms with van der Waals surface area (Å²) >= 11 is 0. The summed E-state index contributed by atoms with van der Waals surface area (Å²) in [4.78, 5) is 35.7. The molecule has 9 heteroatoms. The predicted molar refractivity (Wildman–Crippen MR) is 107 cm³/mol. The smallest absolute Gasteiger partial charge is 0.285 e. The molecule has 1 aromatic heterocycles. The third-order valence-electron chi connectivity index (χ3n) is 5.06. The van der Waals surface area contributed by atoms with Gasteiger partial charge in [-0.25, -0.2) is 0 Å². The highest BCUT2D eigenvalue weighted by Crippen LogP contribution is 2.25. The summed E-state index contributed by atoms with van der Waals surface area (Å²) in [7, 11) is 0. The Morgan fingerprint density at radius 2 is 2.07 bits per heavy atom. The van der Waals surface area contributed by atoms with Crippen molar-refractivity contribution in [1.82, 2.24) is 20.4 Å². The van der Waals surface area contributed by atoms with Gasteiger partial charge in [-0.05, 0) is 45.6 Å². The molecule has 2 N–H and O–H groups in total. The zero-order chi connectivity index (χ0) is 21.1. The monoisotopic (exact) mass is 399 g/mol. The van der Waals surface area contributed by atoms with Crippen molar-refractivity contribution in [3.05, 3.63) is 56.9 Å². The fourth-order valence-electron chi connectivity index (χ4n) is 3.62. The van der Waals surface area contributed by atoms with Crippen LogP contribution in [0.1, 0.15) is 52.2 Å². The van der Waals surface area contributed by atoms with E-state index in [9.17, 15) is 19.7 Å². The number of hydrogen-bond donors (Lipinski definition) is 2. The molecule has 0 spiro atoms. The van der Waals surface area contributed by atoms with Gasteiger partial charge in [0.1, 0.15) is 5.56 Å². The van der Waals surface area contributed by atoms with Gasteiger partial charge in [0.25, 0.3) is 17.5 Å². The summed E-state index contributed by atoms with van der Waals surface area (Å²) in [6.45, 7) is 6.45. The number of para-hydroxylation sites is 1. The quantitative estimate of drug-likeness (QED) is 0.570. The summed E-state index contributed by atoms with van der Waals surface area (Å²) in [5.41, 5.74) is 1.76. The van der Waals surface area contributed by atoms with Gasteiger partial charge in [-0.1, -0.05) is 12.1 Å². The summed E-state index contributed by atoms with van der Waals surface area (Å²) in [6.07, 6.45) is 3.00. The maximum Gasteiger partial charge on any atom is 0.285 e. The second-order valence-electron chi connectivity index (χ2n) is 7.65. The van der Waals surface area contributed by atoms with Gasteiger partial charge >= 0.3 is 0 Å². The van der Waals surface area contributed by atoms with Crippen molar-refractivity contribution in [1.29, 1.82) is 0 Å². The van der Waals surface area contributed by atoms with Crippen molar-refractivity contribution in [3.8, 4) is 0 Å². The van der Waals surface area contributed by atoms with Crippen LogP contribution in [0, 0.1) is 23.0 Å². The standard InChI is InChI=1S/C20H25N5O4/c1-12(2)23-20(27)16-11-22-24-8-7-14(9-17(16)24)10-21-19(26)15-6-4-5-13(3)18(15)25(28)29/h4-6,11-12,14H,7-10H2,1-3H3,(H,21,26)(H,23,27)/t14-/m0/s1. The Morgan fingerprint density at radius 1 is 1.31 bits per heavy atom. The van der Waals surface area contributed by atoms with E-state index in [0.717, 1.165) is 12.1 Å². The van der Waals surface area contributed by atoms with Crippen LogP contribution in [-0.2, 0) is 13.0 Å². The minimum Gasteiger partial charge on any atom is -0.352 e. The molecule has 1 aromatic carbocycles. The average molecular weight is 399 g/mol. The van der Waals surface area contributed by atoms with Gasteiger partial charge in [-0.3, -0.25) is 24.4 Å². The molecule has 2 heterocycles. The van der Waals surface area contributed by atoms with E-state index < -0.39 is 10.8 Å². The molecule has 0 saturated carbocycles. The zero-order valence-corrected chi connectivity index (χ0v) is 16.8. The molecule has 0 fully saturated rings. The third kappa shape index (κ3) is 4.44. The van der Waals surface area contributed by atoms with Crippen LogP contribution < -0.4 is 10.6 Å². The van der Waals surface area contributed by atoms with Gasteiger partial charge < -0.3 is 10.6 Å². The molecule has 29 heavy (non-hydrogen) atoms. The van der Waals surface area contributed by atoms with Crippen molar-refractivity contribution < 1.29 is 14.5 Å². The highest BCUT2D eigenvalue weighted by molar-refractivity contribution is 5.98. The lowest BCUT2D eigenvalue weighted by molar-refractivity contribution is -0.385. The number of benzene rings is 1. The van der Waals surface area contributed by atoms with E-state index in [1.807, 2.05) is 18.5 Å². The van der Waals surface area contributed by atoms with Crippen molar-refractivity contribution >= 4 is 17.5 Å². The number of nitro groups is 1. The summed E-state index contributed by atoms with van der Waals surface area (Å²) in [5.74, 6) is -0.490. The van der Waals surface area contributed by atoms with E-state index in [-0.39, 0.29) is 29.1 Å². The normalized spacial score (nSPS) is 15.7. The summed E-state index contributed by atoms with van der Waals surface area (Å²) < 4.78 is 1.83. The maximum atomic E-state index is 12.6. The molecule has 1 aliphatic heterocycles. The fraction of sp³-hybridized carbons (Fsp3) is 0.450. The number of fused-ring (bicyclic) bond motifs is 1. The third-order valence-corrected chi connectivity index (χ3v) is 5.06. The number of nitrogens with one attached hydrogen (secondary N) is 2. The molecule has 0 unspecified atom stereocenters. The first-order chi connectivity index (χ1) is 13.8. The molecule has 9 nitrogen and oxygen atoms in total. The Balaban J connectivity index is 1.68. The van der Waals surface area contributed by atoms with E-state index in [0.29, 0.717) is 30.6 Å². The van der Waals surface area contributed by atoms with Crippen molar-refractivity contribution in [2.45, 2.75) is 46.2 Å². The lowest BCUT2D eigenvalue weighted by atomic mass is 9.94. The SMILES string of the molecule is Cc1cccc(C(=O)NC[C@H]2CCn3ncc(C(=O)NC(C)C)c3C2)c1[N+](=O)[O-]. The molecule has 3 rings (SSSR count). The van der Waals surface area contributed by atoms with Crippen LogP contribution in [0.3, 0.4) is 0 Å². The number of carbonyl (C=O) groups is 2. The van der Waals surface area contributed by atoms with Gasteiger partial charge in [0.2, 0.25) is 0 Å². The molecule has 0 bridgehead atoms. The maximum absolute atomic E-state index is 12.6. The molecule has 2 amide bonds. The Labute approximate surface area is 168 Å². The average Bonchev–Trinajstić information content (AvgIpc) is 3.08. The lowest BCUT2D eigenvalue weighted by Gasteiger charge is -2.24. The Morgan fingerprint density at radius 3 is 2.76 bits per heavy atom. The topological polar surface area (TPSA) is 119 Å². The highest BCUT2D eigenvalue weighted by atomic mass is 16.6. The largest absolute Gasteiger partial charge is 0.352 e. The minimum atomic E-state index is -0.525. The Hall–Kier alpha value is -3.23. The van der Waals surface area contributed by atoms with Crippen LogP contribution in [0.15, 0.2) is 24.4 Å². The highest BCUT2D eigenvalue weighted by Gasteiger charge is 2.27. The minimum absolute atomic E-state index is 0.0295. The molecule has 0 aliphatic carbocycles. The molecule has 0 saturated heterocycles. The second-order valence-corrected chi connectivity index (χ2v) is 7.65. The fourth-order valence-corrected chi connectivity index (χ4v) is 3.62. The van der Waals surface area contributed by atoms with Crippen LogP contribution >= 0.6 is 0 Å². The van der Waals surface area contributed by atoms with Crippen molar-refractivity contribution in [3.63, 3.8) is 0 Å². The first-order valence-corrected chi connectivity index (χ1v) is 9.65. The van der Waals surface area contributed by atoms with Crippen LogP contribution in [0.25, 0.3) is 0 Å². The molecule has 1 atom stereocenters. The van der Waals surface area contributed by atoms with Crippen molar-refractivity contribution in [2.75, 3.05) is 6.54 Å². The van der Waals surface area contributed by atoms with Gasteiger partial charge in [-0.15, -0.1) is 0 Å². The molecule has 2 aromatic rings. The van der Waals surface area contributed by atoms with E-state index in [1.165, 1.54) is 6.07 Å². The number of hydrogen-bond acceptors (Lipinski definition) is 5. The van der Waals surface area contributed by atoms with Crippen LogP contribution in [0.5, 0.6) is 0 Å². The second kappa shape index (κ2) is 8.42. The van der Waals surface area contributed by atoms with Crippen LogP contribution in [-0.4, -0.2) is 39.1 Å². The van der Waals surface area contributed by atoms with Gasteiger partial charge in [-0.2, -0.15) is 5.10 Å². The predicted octanol–water partition coefficient (Wildman–Crippen LogP) is 2.23. The number of nitrogens with zero attached hydrogens (tertiary/aromatic N) is 3. The van der Waals surface area contributed by atoms with Gasteiger partial charge in [0.15, 0.2) is 0 Å². The van der Waals surface area contributed by atoms with E-state index in [4.69, 9.17) is 0 Å². The zero-order valence-electron chi connectivity index (χ0n) is 16.8. The number of nitro benzene ring substituents is 1. The van der Waals surface area contributed by atoms with Gasteiger partial charge in [0.05, 0.1) is 22.4 Å². The number of aryl methyl sites for hydroxylation is 2. The number of amides is 2. The van der Waals surface area contributed by atoms with Crippen LogP contribution in [0.2, 0.25) is 0 Å². The summed E-state index contributed by atoms with van der Waals surface area (Å²) in [5, 5.41) is 21.3. The molecule has 0 radical (unpaired) electrons. The first kappa shape index (κ1) is 20.5. The number of carbonyl (C=O) groups excluding carboxylic acids is 2. The number of aromatic nitrogens is 2. The Kier molecular flexibility index (Phi) is 5.95. The molecular weight excluding hydrogens is 374 g/mol. The lowest BCUT2D eigenvalue weighted by Crippen LogP contribution is -2.35.